The molecule has 128 valence electrons. The van der Waals surface area contributed by atoms with Crippen LogP contribution in [-0.2, 0) is 9.53 Å². The summed E-state index contributed by atoms with van der Waals surface area (Å²) in [5.41, 5.74) is 2.88. The Morgan fingerprint density at radius 3 is 2.78 bits per heavy atom. The Labute approximate surface area is 139 Å². The fourth-order valence-electron chi connectivity index (χ4n) is 5.29. The van der Waals surface area contributed by atoms with Crippen molar-refractivity contribution < 1.29 is 14.6 Å². The highest BCUT2D eigenvalue weighted by Crippen LogP contribution is 2.61. The molecule has 1 N–H and O–H groups in total. The van der Waals surface area contributed by atoms with E-state index in [-0.39, 0.29) is 22.9 Å². The first-order valence-corrected chi connectivity index (χ1v) is 8.99. The van der Waals surface area contributed by atoms with Crippen molar-refractivity contribution in [2.75, 3.05) is 6.61 Å². The van der Waals surface area contributed by atoms with Gasteiger partial charge in [0.1, 0.15) is 6.61 Å². The zero-order chi connectivity index (χ0) is 16.8. The summed E-state index contributed by atoms with van der Waals surface area (Å²) in [6, 6.07) is 0. The van der Waals surface area contributed by atoms with E-state index in [1.54, 1.807) is 6.08 Å². The molecule has 23 heavy (non-hydrogen) atoms. The molecule has 0 aromatic heterocycles. The second-order valence-corrected chi connectivity index (χ2v) is 8.48. The number of fused-ring (bicyclic) bond motifs is 1. The van der Waals surface area contributed by atoms with Gasteiger partial charge in [-0.15, -0.1) is 0 Å². The Morgan fingerprint density at radius 1 is 1.39 bits per heavy atom. The number of carbonyl (C=O) groups is 1. The Morgan fingerprint density at radius 2 is 2.13 bits per heavy atom. The zero-order valence-electron chi connectivity index (χ0n) is 14.9. The van der Waals surface area contributed by atoms with Crippen molar-refractivity contribution in [3.8, 4) is 0 Å². The second kappa shape index (κ2) is 5.77. The third-order valence-electron chi connectivity index (χ3n) is 7.31. The van der Waals surface area contributed by atoms with E-state index in [0.717, 1.165) is 24.8 Å². The van der Waals surface area contributed by atoms with Crippen LogP contribution in [0.15, 0.2) is 23.3 Å². The van der Waals surface area contributed by atoms with Crippen molar-refractivity contribution in [1.29, 1.82) is 0 Å². The SMILES string of the molecule is CC1=C[C@@H](O)C[C@@H]2[C@@](C)(CCC3=CC(=O)OC3)[C@H](C)CC[C@]12C. The molecular formula is C20H30O3. The number of rotatable bonds is 3. The van der Waals surface area contributed by atoms with Gasteiger partial charge >= 0.3 is 5.97 Å². The Hall–Kier alpha value is -1.09. The molecule has 1 aliphatic heterocycles. The number of allylic oxidation sites excluding steroid dienone is 1. The van der Waals surface area contributed by atoms with Gasteiger partial charge in [0.15, 0.2) is 0 Å². The van der Waals surface area contributed by atoms with Crippen LogP contribution in [0, 0.1) is 22.7 Å². The summed E-state index contributed by atoms with van der Waals surface area (Å²) >= 11 is 0. The first kappa shape index (κ1) is 16.8. The van der Waals surface area contributed by atoms with Gasteiger partial charge in [0.25, 0.3) is 0 Å². The molecule has 3 heteroatoms. The van der Waals surface area contributed by atoms with Gasteiger partial charge in [0.2, 0.25) is 0 Å². The van der Waals surface area contributed by atoms with Crippen LogP contribution in [0.3, 0.4) is 0 Å². The van der Waals surface area contributed by atoms with Crippen LogP contribution in [-0.4, -0.2) is 23.8 Å². The Kier molecular flexibility index (Phi) is 4.20. The number of cyclic esters (lactones) is 1. The van der Waals surface area contributed by atoms with Crippen molar-refractivity contribution in [3.05, 3.63) is 23.3 Å². The van der Waals surface area contributed by atoms with Crippen molar-refractivity contribution >= 4 is 5.97 Å². The van der Waals surface area contributed by atoms with Gasteiger partial charge in [-0.25, -0.2) is 4.79 Å². The van der Waals surface area contributed by atoms with E-state index >= 15 is 0 Å². The van der Waals surface area contributed by atoms with E-state index in [2.05, 4.69) is 33.8 Å². The molecule has 0 bridgehead atoms. The molecule has 1 heterocycles. The summed E-state index contributed by atoms with van der Waals surface area (Å²) in [5.74, 6) is 0.938. The summed E-state index contributed by atoms with van der Waals surface area (Å²) in [5, 5.41) is 10.3. The Bertz CT molecular complexity index is 561. The average molecular weight is 318 g/mol. The molecular weight excluding hydrogens is 288 g/mol. The highest BCUT2D eigenvalue weighted by atomic mass is 16.5. The third-order valence-corrected chi connectivity index (χ3v) is 7.31. The highest BCUT2D eigenvalue weighted by molar-refractivity contribution is 5.85. The van der Waals surface area contributed by atoms with Crippen LogP contribution in [0.2, 0.25) is 0 Å². The second-order valence-electron chi connectivity index (χ2n) is 8.48. The van der Waals surface area contributed by atoms with Gasteiger partial charge in [-0.3, -0.25) is 0 Å². The lowest BCUT2D eigenvalue weighted by molar-refractivity contribution is -0.134. The maximum atomic E-state index is 11.3. The predicted molar refractivity (Wildman–Crippen MR) is 90.8 cm³/mol. The summed E-state index contributed by atoms with van der Waals surface area (Å²) in [6.07, 6.45) is 8.73. The Balaban J connectivity index is 1.84. The van der Waals surface area contributed by atoms with Crippen molar-refractivity contribution in [2.45, 2.75) is 65.9 Å². The lowest BCUT2D eigenvalue weighted by Gasteiger charge is -2.58. The molecule has 1 fully saturated rings. The summed E-state index contributed by atoms with van der Waals surface area (Å²) in [7, 11) is 0. The molecule has 2 aliphatic carbocycles. The van der Waals surface area contributed by atoms with Crippen LogP contribution < -0.4 is 0 Å². The fourth-order valence-corrected chi connectivity index (χ4v) is 5.29. The molecule has 0 aromatic rings. The number of hydrogen-bond acceptors (Lipinski definition) is 3. The number of esters is 1. The largest absolute Gasteiger partial charge is 0.458 e. The maximum Gasteiger partial charge on any atom is 0.331 e. The van der Waals surface area contributed by atoms with Crippen molar-refractivity contribution in [3.63, 3.8) is 0 Å². The number of hydrogen-bond donors (Lipinski definition) is 1. The predicted octanol–water partition coefficient (Wildman–Crippen LogP) is 4.02. The van der Waals surface area contributed by atoms with Crippen LogP contribution in [0.5, 0.6) is 0 Å². The monoisotopic (exact) mass is 318 g/mol. The van der Waals surface area contributed by atoms with Crippen molar-refractivity contribution in [1.82, 2.24) is 0 Å². The maximum absolute atomic E-state index is 11.3. The number of aliphatic hydroxyl groups is 1. The van der Waals surface area contributed by atoms with E-state index < -0.39 is 0 Å². The van der Waals surface area contributed by atoms with Crippen LogP contribution in [0.25, 0.3) is 0 Å². The van der Waals surface area contributed by atoms with E-state index in [0.29, 0.717) is 18.4 Å². The molecule has 0 radical (unpaired) electrons. The molecule has 0 spiro atoms. The topological polar surface area (TPSA) is 46.5 Å². The smallest absolute Gasteiger partial charge is 0.331 e. The lowest BCUT2D eigenvalue weighted by Crippen LogP contribution is -2.51. The van der Waals surface area contributed by atoms with Crippen LogP contribution >= 0.6 is 0 Å². The first-order valence-electron chi connectivity index (χ1n) is 8.99. The van der Waals surface area contributed by atoms with E-state index in [1.165, 1.54) is 18.4 Å². The van der Waals surface area contributed by atoms with E-state index in [1.807, 2.05) is 0 Å². The quantitative estimate of drug-likeness (QED) is 0.631. The highest BCUT2D eigenvalue weighted by Gasteiger charge is 2.54. The molecule has 1 saturated carbocycles. The van der Waals surface area contributed by atoms with Crippen LogP contribution in [0.1, 0.15) is 59.8 Å². The normalized spacial score (nSPS) is 43.5. The number of ether oxygens (including phenoxy) is 1. The summed E-state index contributed by atoms with van der Waals surface area (Å²) in [6.45, 7) is 9.82. The fraction of sp³-hybridized carbons (Fsp3) is 0.750. The molecule has 3 nitrogen and oxygen atoms in total. The third kappa shape index (κ3) is 2.77. The zero-order valence-corrected chi connectivity index (χ0v) is 14.9. The van der Waals surface area contributed by atoms with Gasteiger partial charge in [0.05, 0.1) is 6.10 Å². The van der Waals surface area contributed by atoms with E-state index in [4.69, 9.17) is 4.74 Å². The van der Waals surface area contributed by atoms with Crippen molar-refractivity contribution in [2.24, 2.45) is 22.7 Å². The van der Waals surface area contributed by atoms with Gasteiger partial charge in [-0.2, -0.15) is 0 Å². The van der Waals surface area contributed by atoms with Gasteiger partial charge < -0.3 is 9.84 Å². The molecule has 0 amide bonds. The minimum atomic E-state index is -0.312. The van der Waals surface area contributed by atoms with Gasteiger partial charge in [-0.1, -0.05) is 32.4 Å². The minimum absolute atomic E-state index is 0.190. The lowest BCUT2D eigenvalue weighted by atomic mass is 9.46. The van der Waals surface area contributed by atoms with Crippen LogP contribution in [0.4, 0.5) is 0 Å². The molecule has 3 aliphatic rings. The first-order chi connectivity index (χ1) is 10.8. The summed E-state index contributed by atoms with van der Waals surface area (Å²) < 4.78 is 5.05. The molecule has 0 aromatic carbocycles. The van der Waals surface area contributed by atoms with Gasteiger partial charge in [0, 0.05) is 6.08 Å². The molecule has 0 unspecified atom stereocenters. The average Bonchev–Trinajstić information content (AvgIpc) is 2.91. The standard InChI is InChI=1S/C20H30O3/c1-13-5-7-20(4)14(2)9-16(21)11-17(20)19(13,3)8-6-15-10-18(22)23-12-15/h9-10,13,16-17,21H,5-8,11-12H2,1-4H3/t13-,16-,17-,19+,20-/m1/s1. The molecule has 5 atom stereocenters. The number of aliphatic hydroxyl groups excluding tert-OH is 1. The van der Waals surface area contributed by atoms with Gasteiger partial charge in [-0.05, 0) is 67.3 Å². The molecule has 3 rings (SSSR count). The minimum Gasteiger partial charge on any atom is -0.458 e. The summed E-state index contributed by atoms with van der Waals surface area (Å²) in [4.78, 5) is 11.3. The number of carbonyl (C=O) groups excluding carboxylic acids is 1. The van der Waals surface area contributed by atoms with E-state index in [9.17, 15) is 9.90 Å². The molecule has 0 saturated heterocycles.